The zero-order valence-corrected chi connectivity index (χ0v) is 9.73. The molecule has 0 saturated carbocycles. The summed E-state index contributed by atoms with van der Waals surface area (Å²) >= 11 is 0. The Hall–Kier alpha value is -1.61. The predicted octanol–water partition coefficient (Wildman–Crippen LogP) is 2.94. The average Bonchev–Trinajstić information content (AvgIpc) is 2.62. The molecule has 0 aliphatic carbocycles. The van der Waals surface area contributed by atoms with Crippen LogP contribution in [0.25, 0.3) is 0 Å². The third-order valence-electron chi connectivity index (χ3n) is 3.19. The van der Waals surface area contributed by atoms with E-state index in [9.17, 15) is 0 Å². The Bertz CT molecular complexity index is 459. The Labute approximate surface area is 101 Å². The van der Waals surface area contributed by atoms with Crippen molar-refractivity contribution in [3.05, 3.63) is 41.7 Å². The maximum atomic E-state index is 5.78. The van der Waals surface area contributed by atoms with E-state index in [2.05, 4.69) is 22.4 Å². The first-order valence-corrected chi connectivity index (χ1v) is 6.14. The van der Waals surface area contributed by atoms with Gasteiger partial charge < -0.3 is 10.1 Å². The van der Waals surface area contributed by atoms with Gasteiger partial charge in [0.2, 0.25) is 0 Å². The molecule has 1 N–H and O–H groups in total. The highest BCUT2D eigenvalue weighted by Gasteiger charge is 2.20. The number of ether oxygens (including phenoxy) is 1. The number of hydrogen-bond donors (Lipinski definition) is 1. The SMILES string of the molecule is C1=NC=C(C2CCCCO2)Nc2ccccc21. The van der Waals surface area contributed by atoms with Gasteiger partial charge in [-0.15, -0.1) is 0 Å². The van der Waals surface area contributed by atoms with Gasteiger partial charge in [-0.1, -0.05) is 18.2 Å². The normalized spacial score (nSPS) is 23.3. The van der Waals surface area contributed by atoms with Crippen molar-refractivity contribution in [2.75, 3.05) is 11.9 Å². The van der Waals surface area contributed by atoms with Gasteiger partial charge in [0.1, 0.15) is 0 Å². The molecular formula is C14H16N2O. The summed E-state index contributed by atoms with van der Waals surface area (Å²) in [5.74, 6) is 0. The van der Waals surface area contributed by atoms with Crippen molar-refractivity contribution in [1.82, 2.24) is 0 Å². The average molecular weight is 228 g/mol. The second kappa shape index (κ2) is 4.72. The van der Waals surface area contributed by atoms with E-state index >= 15 is 0 Å². The largest absolute Gasteiger partial charge is 0.372 e. The summed E-state index contributed by atoms with van der Waals surface area (Å²) in [6.45, 7) is 0.856. The highest BCUT2D eigenvalue weighted by Crippen LogP contribution is 2.24. The first kappa shape index (κ1) is 10.5. The van der Waals surface area contributed by atoms with Gasteiger partial charge in [-0.25, -0.2) is 0 Å². The number of rotatable bonds is 1. The highest BCUT2D eigenvalue weighted by atomic mass is 16.5. The van der Waals surface area contributed by atoms with Crippen molar-refractivity contribution < 1.29 is 4.74 Å². The smallest absolute Gasteiger partial charge is 0.0988 e. The molecule has 0 amide bonds. The summed E-state index contributed by atoms with van der Waals surface area (Å²) in [6, 6.07) is 8.19. The third-order valence-corrected chi connectivity index (χ3v) is 3.19. The van der Waals surface area contributed by atoms with Crippen LogP contribution in [-0.4, -0.2) is 18.9 Å². The molecule has 2 aliphatic rings. The van der Waals surface area contributed by atoms with Gasteiger partial charge in [0, 0.05) is 30.3 Å². The van der Waals surface area contributed by atoms with Crippen molar-refractivity contribution in [2.45, 2.75) is 25.4 Å². The Kier molecular flexibility index (Phi) is 2.92. The first-order chi connectivity index (χ1) is 8.43. The minimum absolute atomic E-state index is 0.173. The Balaban J connectivity index is 1.84. The summed E-state index contributed by atoms with van der Waals surface area (Å²) in [4.78, 5) is 4.34. The van der Waals surface area contributed by atoms with Crippen LogP contribution >= 0.6 is 0 Å². The van der Waals surface area contributed by atoms with Gasteiger partial charge in [0.25, 0.3) is 0 Å². The molecule has 0 radical (unpaired) electrons. The fraction of sp³-hybridized carbons (Fsp3) is 0.357. The van der Waals surface area contributed by atoms with E-state index in [0.717, 1.165) is 30.0 Å². The third kappa shape index (κ3) is 2.24. The lowest BCUT2D eigenvalue weighted by molar-refractivity contribution is 0.0399. The van der Waals surface area contributed by atoms with E-state index in [4.69, 9.17) is 4.74 Å². The summed E-state index contributed by atoms with van der Waals surface area (Å²) < 4.78 is 5.78. The second-order valence-electron chi connectivity index (χ2n) is 4.43. The van der Waals surface area contributed by atoms with Crippen molar-refractivity contribution in [2.24, 2.45) is 4.99 Å². The summed E-state index contributed by atoms with van der Waals surface area (Å²) in [7, 11) is 0. The topological polar surface area (TPSA) is 33.6 Å². The molecule has 3 rings (SSSR count). The predicted molar refractivity (Wildman–Crippen MR) is 69.3 cm³/mol. The summed E-state index contributed by atoms with van der Waals surface area (Å²) in [6.07, 6.45) is 7.43. The van der Waals surface area contributed by atoms with Crippen LogP contribution in [0, 0.1) is 0 Å². The van der Waals surface area contributed by atoms with E-state index < -0.39 is 0 Å². The molecule has 1 saturated heterocycles. The molecule has 1 atom stereocenters. The Morgan fingerprint density at radius 3 is 3.06 bits per heavy atom. The zero-order valence-electron chi connectivity index (χ0n) is 9.73. The van der Waals surface area contributed by atoms with E-state index in [1.165, 1.54) is 12.8 Å². The van der Waals surface area contributed by atoms with Crippen LogP contribution in [0.2, 0.25) is 0 Å². The van der Waals surface area contributed by atoms with Crippen LogP contribution in [0.4, 0.5) is 5.69 Å². The first-order valence-electron chi connectivity index (χ1n) is 6.14. The van der Waals surface area contributed by atoms with Crippen molar-refractivity contribution in [3.63, 3.8) is 0 Å². The number of para-hydroxylation sites is 1. The minimum Gasteiger partial charge on any atom is -0.372 e. The quantitative estimate of drug-likeness (QED) is 0.801. The molecular weight excluding hydrogens is 212 g/mol. The molecule has 1 fully saturated rings. The lowest BCUT2D eigenvalue weighted by atomic mass is 10.1. The van der Waals surface area contributed by atoms with Crippen LogP contribution in [0.15, 0.2) is 41.2 Å². The molecule has 0 bridgehead atoms. The number of fused-ring (bicyclic) bond motifs is 1. The lowest BCUT2D eigenvalue weighted by Crippen LogP contribution is -2.25. The number of anilines is 1. The molecule has 0 aromatic heterocycles. The molecule has 1 unspecified atom stereocenters. The Morgan fingerprint density at radius 1 is 1.24 bits per heavy atom. The molecule has 3 nitrogen and oxygen atoms in total. The molecule has 2 heterocycles. The molecule has 0 spiro atoms. The minimum atomic E-state index is 0.173. The summed E-state index contributed by atoms with van der Waals surface area (Å²) in [5, 5.41) is 3.44. The maximum absolute atomic E-state index is 5.78. The maximum Gasteiger partial charge on any atom is 0.0988 e. The molecule has 88 valence electrons. The van der Waals surface area contributed by atoms with Gasteiger partial charge in [-0.3, -0.25) is 4.99 Å². The van der Waals surface area contributed by atoms with Gasteiger partial charge in [0.15, 0.2) is 0 Å². The van der Waals surface area contributed by atoms with E-state index in [1.54, 1.807) is 0 Å². The Morgan fingerprint density at radius 2 is 2.18 bits per heavy atom. The molecule has 3 heteroatoms. The fourth-order valence-corrected chi connectivity index (χ4v) is 2.26. The van der Waals surface area contributed by atoms with Crippen molar-refractivity contribution >= 4 is 11.9 Å². The van der Waals surface area contributed by atoms with E-state index in [0.29, 0.717) is 0 Å². The van der Waals surface area contributed by atoms with Crippen LogP contribution < -0.4 is 5.32 Å². The second-order valence-corrected chi connectivity index (χ2v) is 4.43. The van der Waals surface area contributed by atoms with Gasteiger partial charge in [0.05, 0.1) is 11.8 Å². The number of nitrogens with one attached hydrogen (secondary N) is 1. The molecule has 17 heavy (non-hydrogen) atoms. The summed E-state index contributed by atoms with van der Waals surface area (Å²) in [5.41, 5.74) is 3.30. The van der Waals surface area contributed by atoms with Gasteiger partial charge in [-0.05, 0) is 25.3 Å². The fourth-order valence-electron chi connectivity index (χ4n) is 2.26. The number of hydrogen-bond acceptors (Lipinski definition) is 3. The van der Waals surface area contributed by atoms with Gasteiger partial charge >= 0.3 is 0 Å². The molecule has 1 aromatic carbocycles. The van der Waals surface area contributed by atoms with Crippen molar-refractivity contribution in [1.29, 1.82) is 0 Å². The van der Waals surface area contributed by atoms with Crippen LogP contribution in [-0.2, 0) is 4.74 Å². The molecule has 1 aromatic rings. The standard InChI is InChI=1S/C14H16N2O/c1-2-6-12-11(5-1)9-15-10-13(16-12)14-7-3-4-8-17-14/h1-2,5-6,9-10,14,16H,3-4,7-8H2. The highest BCUT2D eigenvalue weighted by molar-refractivity contribution is 5.89. The number of nitrogens with zero attached hydrogens (tertiary/aromatic N) is 1. The lowest BCUT2D eigenvalue weighted by Gasteiger charge is -2.25. The molecule has 2 aliphatic heterocycles. The zero-order chi connectivity index (χ0) is 11.5. The van der Waals surface area contributed by atoms with E-state index in [1.807, 2.05) is 24.5 Å². The van der Waals surface area contributed by atoms with Crippen LogP contribution in [0.1, 0.15) is 24.8 Å². The monoisotopic (exact) mass is 228 g/mol. The van der Waals surface area contributed by atoms with Crippen LogP contribution in [0.5, 0.6) is 0 Å². The van der Waals surface area contributed by atoms with Gasteiger partial charge in [-0.2, -0.15) is 0 Å². The number of aliphatic imine (C=N–C) groups is 1. The van der Waals surface area contributed by atoms with Crippen LogP contribution in [0.3, 0.4) is 0 Å². The van der Waals surface area contributed by atoms with E-state index in [-0.39, 0.29) is 6.10 Å². The number of benzene rings is 1. The van der Waals surface area contributed by atoms with Crippen molar-refractivity contribution in [3.8, 4) is 0 Å².